The Morgan fingerprint density at radius 2 is 2.07 bits per heavy atom. The lowest BCUT2D eigenvalue weighted by molar-refractivity contribution is 0.0956. The summed E-state index contributed by atoms with van der Waals surface area (Å²) in [5, 5.41) is 6.28. The number of rotatable bonds is 5. The molecular formula is C21H30N6O. The van der Waals surface area contributed by atoms with E-state index in [-0.39, 0.29) is 5.91 Å². The number of guanidine groups is 1. The highest BCUT2D eigenvalue weighted by atomic mass is 16.1. The number of aromatic nitrogens is 2. The fourth-order valence-corrected chi connectivity index (χ4v) is 3.64. The largest absolute Gasteiger partial charge is 0.352 e. The predicted octanol–water partition coefficient (Wildman–Crippen LogP) is 2.29. The van der Waals surface area contributed by atoms with E-state index in [9.17, 15) is 4.79 Å². The topological polar surface area (TPSA) is 74.6 Å². The first-order valence-electron chi connectivity index (χ1n) is 9.92. The monoisotopic (exact) mass is 382 g/mol. The van der Waals surface area contributed by atoms with Crippen LogP contribution in [0.2, 0.25) is 0 Å². The Hall–Kier alpha value is -2.83. The number of nitrogens with zero attached hydrogens (tertiary/aromatic N) is 4. The molecule has 1 fully saturated rings. The Labute approximate surface area is 166 Å². The Kier molecular flexibility index (Phi) is 6.68. The quantitative estimate of drug-likeness (QED) is 0.615. The standard InChI is InChI=1S/C21H30N6O/c1-4-24-20(28)18-7-5-17(6-8-18)13-25-21(22-3)26-11-9-16(2)19(14-26)27-12-10-23-15-27/h5-8,10,12,15-16,19H,4,9,11,13-14H2,1-3H3,(H,22,25)(H,24,28). The van der Waals surface area contributed by atoms with Crippen molar-refractivity contribution in [2.45, 2.75) is 32.9 Å². The second-order valence-electron chi connectivity index (χ2n) is 7.25. The van der Waals surface area contributed by atoms with Gasteiger partial charge in [0.2, 0.25) is 0 Å². The van der Waals surface area contributed by atoms with Crippen molar-refractivity contribution < 1.29 is 4.79 Å². The molecule has 0 bridgehead atoms. The average molecular weight is 383 g/mol. The Morgan fingerprint density at radius 3 is 2.71 bits per heavy atom. The van der Waals surface area contributed by atoms with Crippen molar-refractivity contribution in [3.8, 4) is 0 Å². The van der Waals surface area contributed by atoms with E-state index >= 15 is 0 Å². The van der Waals surface area contributed by atoms with E-state index in [1.165, 1.54) is 0 Å². The van der Waals surface area contributed by atoms with Crippen molar-refractivity contribution in [3.63, 3.8) is 0 Å². The molecule has 1 aliphatic heterocycles. The smallest absolute Gasteiger partial charge is 0.251 e. The zero-order valence-corrected chi connectivity index (χ0v) is 16.9. The Bertz CT molecular complexity index is 784. The number of aliphatic imine (C=N–C) groups is 1. The summed E-state index contributed by atoms with van der Waals surface area (Å²) in [6.45, 7) is 7.42. The molecule has 1 saturated heterocycles. The van der Waals surface area contributed by atoms with Gasteiger partial charge < -0.3 is 20.1 Å². The van der Waals surface area contributed by atoms with E-state index in [1.54, 1.807) is 0 Å². The highest BCUT2D eigenvalue weighted by Crippen LogP contribution is 2.27. The van der Waals surface area contributed by atoms with Gasteiger partial charge in [-0.15, -0.1) is 0 Å². The van der Waals surface area contributed by atoms with Crippen LogP contribution in [-0.4, -0.2) is 53.0 Å². The van der Waals surface area contributed by atoms with Crippen molar-refractivity contribution in [2.75, 3.05) is 26.7 Å². The number of carbonyl (C=O) groups excluding carboxylic acids is 1. The normalized spacial score (nSPS) is 20.1. The summed E-state index contributed by atoms with van der Waals surface area (Å²) in [4.78, 5) is 22.9. The molecule has 1 aliphatic rings. The number of carbonyl (C=O) groups is 1. The SMILES string of the molecule is CCNC(=O)c1ccc(CNC(=NC)N2CCC(C)C(n3ccnc3)C2)cc1. The molecule has 2 aromatic rings. The van der Waals surface area contributed by atoms with Crippen LogP contribution in [0.5, 0.6) is 0 Å². The molecule has 3 rings (SSSR count). The fourth-order valence-electron chi connectivity index (χ4n) is 3.64. The highest BCUT2D eigenvalue weighted by molar-refractivity contribution is 5.94. The van der Waals surface area contributed by atoms with Crippen LogP contribution in [0.1, 0.15) is 42.2 Å². The third-order valence-corrected chi connectivity index (χ3v) is 5.34. The van der Waals surface area contributed by atoms with Crippen molar-refractivity contribution in [1.29, 1.82) is 0 Å². The molecule has 2 N–H and O–H groups in total. The molecule has 2 atom stereocenters. The van der Waals surface area contributed by atoms with Gasteiger partial charge in [0.25, 0.3) is 5.91 Å². The molecule has 1 aromatic carbocycles. The number of piperidine rings is 1. The summed E-state index contributed by atoms with van der Waals surface area (Å²) in [6, 6.07) is 8.09. The molecule has 0 spiro atoms. The summed E-state index contributed by atoms with van der Waals surface area (Å²) in [6.07, 6.45) is 6.89. The second kappa shape index (κ2) is 9.39. The van der Waals surface area contributed by atoms with E-state index in [0.29, 0.717) is 30.6 Å². The lowest BCUT2D eigenvalue weighted by atomic mass is 9.93. The highest BCUT2D eigenvalue weighted by Gasteiger charge is 2.28. The molecule has 1 amide bonds. The fraction of sp³-hybridized carbons (Fsp3) is 0.476. The zero-order chi connectivity index (χ0) is 19.9. The molecule has 2 unspecified atom stereocenters. The van der Waals surface area contributed by atoms with Gasteiger partial charge in [0.05, 0.1) is 12.4 Å². The van der Waals surface area contributed by atoms with Crippen molar-refractivity contribution >= 4 is 11.9 Å². The maximum absolute atomic E-state index is 11.9. The van der Waals surface area contributed by atoms with Crippen LogP contribution >= 0.6 is 0 Å². The Balaban J connectivity index is 1.59. The maximum atomic E-state index is 11.9. The first-order valence-corrected chi connectivity index (χ1v) is 9.92. The van der Waals surface area contributed by atoms with Gasteiger partial charge in [0.15, 0.2) is 5.96 Å². The minimum atomic E-state index is -0.0363. The zero-order valence-electron chi connectivity index (χ0n) is 16.9. The van der Waals surface area contributed by atoms with Gasteiger partial charge in [-0.1, -0.05) is 19.1 Å². The molecule has 1 aromatic heterocycles. The van der Waals surface area contributed by atoms with Crippen LogP contribution in [0.4, 0.5) is 0 Å². The van der Waals surface area contributed by atoms with E-state index in [2.05, 4.69) is 37.0 Å². The average Bonchev–Trinajstić information content (AvgIpc) is 3.24. The van der Waals surface area contributed by atoms with Gasteiger partial charge in [-0.05, 0) is 37.0 Å². The van der Waals surface area contributed by atoms with E-state index in [1.807, 2.05) is 57.0 Å². The molecular weight excluding hydrogens is 352 g/mol. The molecule has 0 aliphatic carbocycles. The van der Waals surface area contributed by atoms with Crippen LogP contribution in [0.15, 0.2) is 48.0 Å². The molecule has 2 heterocycles. The van der Waals surface area contributed by atoms with Crippen LogP contribution in [-0.2, 0) is 6.54 Å². The summed E-state index contributed by atoms with van der Waals surface area (Å²) in [7, 11) is 1.82. The molecule has 150 valence electrons. The number of hydrogen-bond acceptors (Lipinski definition) is 3. The minimum absolute atomic E-state index is 0.0363. The predicted molar refractivity (Wildman–Crippen MR) is 111 cm³/mol. The van der Waals surface area contributed by atoms with Gasteiger partial charge in [-0.25, -0.2) is 4.98 Å². The summed E-state index contributed by atoms with van der Waals surface area (Å²) in [5.41, 5.74) is 1.80. The van der Waals surface area contributed by atoms with E-state index in [0.717, 1.165) is 31.0 Å². The van der Waals surface area contributed by atoms with Crippen LogP contribution < -0.4 is 10.6 Å². The van der Waals surface area contributed by atoms with Gasteiger partial charge in [0, 0.05) is 51.2 Å². The number of benzene rings is 1. The third-order valence-electron chi connectivity index (χ3n) is 5.34. The maximum Gasteiger partial charge on any atom is 0.251 e. The van der Waals surface area contributed by atoms with E-state index in [4.69, 9.17) is 0 Å². The molecule has 7 heteroatoms. The number of amides is 1. The molecule has 7 nitrogen and oxygen atoms in total. The van der Waals surface area contributed by atoms with Gasteiger partial charge >= 0.3 is 0 Å². The number of imidazole rings is 1. The summed E-state index contributed by atoms with van der Waals surface area (Å²) < 4.78 is 2.20. The first kappa shape index (κ1) is 19.9. The van der Waals surface area contributed by atoms with Crippen LogP contribution in [0, 0.1) is 5.92 Å². The van der Waals surface area contributed by atoms with Gasteiger partial charge in [-0.2, -0.15) is 0 Å². The Morgan fingerprint density at radius 1 is 1.29 bits per heavy atom. The molecule has 0 saturated carbocycles. The molecule has 28 heavy (non-hydrogen) atoms. The number of hydrogen-bond donors (Lipinski definition) is 2. The van der Waals surface area contributed by atoms with Crippen molar-refractivity contribution in [3.05, 3.63) is 54.1 Å². The van der Waals surface area contributed by atoms with Crippen molar-refractivity contribution in [1.82, 2.24) is 25.1 Å². The summed E-state index contributed by atoms with van der Waals surface area (Å²) in [5.74, 6) is 1.47. The van der Waals surface area contributed by atoms with E-state index < -0.39 is 0 Å². The lowest BCUT2D eigenvalue weighted by Gasteiger charge is -2.39. The summed E-state index contributed by atoms with van der Waals surface area (Å²) >= 11 is 0. The first-order chi connectivity index (χ1) is 13.6. The molecule has 0 radical (unpaired) electrons. The van der Waals surface area contributed by atoms with Crippen molar-refractivity contribution in [2.24, 2.45) is 10.9 Å². The minimum Gasteiger partial charge on any atom is -0.352 e. The number of likely N-dealkylation sites (tertiary alicyclic amines) is 1. The second-order valence-corrected chi connectivity index (χ2v) is 7.25. The van der Waals surface area contributed by atoms with Gasteiger partial charge in [0.1, 0.15) is 0 Å². The number of nitrogens with one attached hydrogen (secondary N) is 2. The van der Waals surface area contributed by atoms with Crippen LogP contribution in [0.25, 0.3) is 0 Å². The third kappa shape index (κ3) is 4.71. The van der Waals surface area contributed by atoms with Crippen LogP contribution in [0.3, 0.4) is 0 Å². The lowest BCUT2D eigenvalue weighted by Crippen LogP contribution is -2.48. The van der Waals surface area contributed by atoms with Gasteiger partial charge in [-0.3, -0.25) is 9.79 Å².